The molecule has 3 nitrogen and oxygen atoms in total. The van der Waals surface area contributed by atoms with Gasteiger partial charge in [0.2, 0.25) is 0 Å². The van der Waals surface area contributed by atoms with E-state index >= 15 is 0 Å². The molecule has 1 aromatic carbocycles. The standard InChI is InChI=1S/C31H54O3/c1-6-7-8-9-10-11-12-13-14-15-16-17-18-19-22-34-30(32)21-20-27-23-28(25(2)3)31(33)29(24-27)26(4)5/h23-26,33H,6-22H2,1-5H3. The molecule has 196 valence electrons. The highest BCUT2D eigenvalue weighted by atomic mass is 16.5. The lowest BCUT2D eigenvalue weighted by atomic mass is 9.90. The first-order valence-corrected chi connectivity index (χ1v) is 14.4. The molecule has 0 amide bonds. The molecule has 1 N–H and O–H groups in total. The number of carbonyl (C=O) groups is 1. The Labute approximate surface area is 211 Å². The third-order valence-electron chi connectivity index (χ3n) is 6.85. The molecule has 0 heterocycles. The molecule has 0 aliphatic carbocycles. The van der Waals surface area contributed by atoms with Gasteiger partial charge in [-0.15, -0.1) is 0 Å². The molecule has 0 aromatic heterocycles. The molecule has 0 saturated carbocycles. The molecule has 1 rings (SSSR count). The summed E-state index contributed by atoms with van der Waals surface area (Å²) in [7, 11) is 0. The lowest BCUT2D eigenvalue weighted by Crippen LogP contribution is -2.08. The first-order chi connectivity index (χ1) is 16.4. The number of carbonyl (C=O) groups excluding carboxylic acids is 1. The zero-order valence-electron chi connectivity index (χ0n) is 23.1. The van der Waals surface area contributed by atoms with Crippen molar-refractivity contribution in [1.82, 2.24) is 0 Å². The lowest BCUT2D eigenvalue weighted by molar-refractivity contribution is -0.143. The first-order valence-electron chi connectivity index (χ1n) is 14.4. The smallest absolute Gasteiger partial charge is 0.306 e. The Balaban J connectivity index is 2.08. The average molecular weight is 475 g/mol. The van der Waals surface area contributed by atoms with Crippen molar-refractivity contribution in [2.24, 2.45) is 0 Å². The SMILES string of the molecule is CCCCCCCCCCCCCCCCOC(=O)CCc1cc(C(C)C)c(O)c(C(C)C)c1. The summed E-state index contributed by atoms with van der Waals surface area (Å²) >= 11 is 0. The molecule has 0 unspecified atom stereocenters. The zero-order valence-corrected chi connectivity index (χ0v) is 23.1. The Morgan fingerprint density at radius 1 is 0.735 bits per heavy atom. The third kappa shape index (κ3) is 13.4. The molecular formula is C31H54O3. The number of aryl methyl sites for hydroxylation is 1. The van der Waals surface area contributed by atoms with E-state index in [1.807, 2.05) is 12.1 Å². The lowest BCUT2D eigenvalue weighted by Gasteiger charge is -2.17. The molecule has 0 saturated heterocycles. The third-order valence-corrected chi connectivity index (χ3v) is 6.85. The van der Waals surface area contributed by atoms with E-state index in [1.54, 1.807) is 0 Å². The Morgan fingerprint density at radius 2 is 1.15 bits per heavy atom. The highest BCUT2D eigenvalue weighted by Gasteiger charge is 2.15. The average Bonchev–Trinajstić information content (AvgIpc) is 2.80. The van der Waals surface area contributed by atoms with Crippen LogP contribution in [0.2, 0.25) is 0 Å². The number of esters is 1. The number of hydrogen-bond acceptors (Lipinski definition) is 3. The molecule has 0 fully saturated rings. The van der Waals surface area contributed by atoms with E-state index in [9.17, 15) is 9.90 Å². The van der Waals surface area contributed by atoms with Gasteiger partial charge in [-0.25, -0.2) is 0 Å². The van der Waals surface area contributed by atoms with Gasteiger partial charge in [0, 0.05) is 6.42 Å². The number of hydrogen-bond donors (Lipinski definition) is 1. The van der Waals surface area contributed by atoms with E-state index in [2.05, 4.69) is 34.6 Å². The Morgan fingerprint density at radius 3 is 1.56 bits per heavy atom. The van der Waals surface area contributed by atoms with Crippen LogP contribution in [-0.2, 0) is 16.0 Å². The van der Waals surface area contributed by atoms with Crippen LogP contribution in [0.1, 0.15) is 159 Å². The predicted molar refractivity (Wildman–Crippen MR) is 146 cm³/mol. The molecule has 0 radical (unpaired) electrons. The van der Waals surface area contributed by atoms with Crippen LogP contribution in [0.4, 0.5) is 0 Å². The summed E-state index contributed by atoms with van der Waals surface area (Å²) in [5.74, 6) is 0.809. The van der Waals surface area contributed by atoms with Gasteiger partial charge < -0.3 is 9.84 Å². The largest absolute Gasteiger partial charge is 0.507 e. The summed E-state index contributed by atoms with van der Waals surface area (Å²) in [5, 5.41) is 10.5. The Kier molecular flexibility index (Phi) is 16.9. The molecule has 0 atom stereocenters. The van der Waals surface area contributed by atoms with E-state index < -0.39 is 0 Å². The molecule has 0 spiro atoms. The first kappa shape index (κ1) is 30.5. The summed E-state index contributed by atoms with van der Waals surface area (Å²) in [6.07, 6.45) is 19.7. The van der Waals surface area contributed by atoms with Crippen molar-refractivity contribution >= 4 is 5.97 Å². The Bertz CT molecular complexity index is 634. The molecule has 1 aromatic rings. The van der Waals surface area contributed by atoms with Crippen molar-refractivity contribution in [3.63, 3.8) is 0 Å². The second kappa shape index (κ2) is 18.8. The van der Waals surface area contributed by atoms with Gasteiger partial charge in [0.25, 0.3) is 0 Å². The van der Waals surface area contributed by atoms with E-state index in [1.165, 1.54) is 77.0 Å². The maximum absolute atomic E-state index is 12.2. The number of unbranched alkanes of at least 4 members (excludes halogenated alkanes) is 13. The molecule has 0 aliphatic heterocycles. The van der Waals surface area contributed by atoms with Crippen molar-refractivity contribution in [3.05, 3.63) is 28.8 Å². The molecule has 34 heavy (non-hydrogen) atoms. The molecule has 3 heteroatoms. The number of phenols is 1. The maximum Gasteiger partial charge on any atom is 0.306 e. The second-order valence-corrected chi connectivity index (χ2v) is 10.7. The second-order valence-electron chi connectivity index (χ2n) is 10.7. The molecular weight excluding hydrogens is 420 g/mol. The van der Waals surface area contributed by atoms with Gasteiger partial charge >= 0.3 is 5.97 Å². The predicted octanol–water partition coefficient (Wildman–Crippen LogP) is 9.60. The van der Waals surface area contributed by atoms with Crippen LogP contribution in [0.25, 0.3) is 0 Å². The number of phenolic OH excluding ortho intramolecular Hbond substituents is 1. The highest BCUT2D eigenvalue weighted by molar-refractivity contribution is 5.69. The van der Waals surface area contributed by atoms with Gasteiger partial charge in [0.1, 0.15) is 5.75 Å². The van der Waals surface area contributed by atoms with Gasteiger partial charge in [-0.1, -0.05) is 130 Å². The summed E-state index contributed by atoms with van der Waals surface area (Å²) in [6, 6.07) is 4.10. The number of rotatable bonds is 20. The van der Waals surface area contributed by atoms with Crippen LogP contribution < -0.4 is 0 Å². The fraction of sp³-hybridized carbons (Fsp3) is 0.774. The van der Waals surface area contributed by atoms with Crippen molar-refractivity contribution < 1.29 is 14.6 Å². The van der Waals surface area contributed by atoms with Gasteiger partial charge in [0.05, 0.1) is 6.61 Å². The highest BCUT2D eigenvalue weighted by Crippen LogP contribution is 2.35. The van der Waals surface area contributed by atoms with Gasteiger partial charge in [-0.3, -0.25) is 4.79 Å². The normalized spacial score (nSPS) is 11.5. The number of ether oxygens (including phenoxy) is 1. The van der Waals surface area contributed by atoms with Crippen molar-refractivity contribution in [1.29, 1.82) is 0 Å². The molecule has 0 bridgehead atoms. The van der Waals surface area contributed by atoms with E-state index in [-0.39, 0.29) is 17.8 Å². The minimum absolute atomic E-state index is 0.111. The fourth-order valence-corrected chi connectivity index (χ4v) is 4.57. The van der Waals surface area contributed by atoms with E-state index in [0.717, 1.165) is 29.5 Å². The quantitative estimate of drug-likeness (QED) is 0.151. The molecule has 0 aliphatic rings. The summed E-state index contributed by atoms with van der Waals surface area (Å²) < 4.78 is 5.46. The van der Waals surface area contributed by atoms with Crippen LogP contribution in [0.5, 0.6) is 5.75 Å². The van der Waals surface area contributed by atoms with E-state index in [4.69, 9.17) is 4.74 Å². The van der Waals surface area contributed by atoms with Gasteiger partial charge in [0.15, 0.2) is 0 Å². The van der Waals surface area contributed by atoms with Crippen LogP contribution >= 0.6 is 0 Å². The number of benzene rings is 1. The van der Waals surface area contributed by atoms with Crippen LogP contribution in [0.15, 0.2) is 12.1 Å². The summed E-state index contributed by atoms with van der Waals surface area (Å²) in [6.45, 7) is 11.2. The van der Waals surface area contributed by atoms with Gasteiger partial charge in [-0.2, -0.15) is 0 Å². The van der Waals surface area contributed by atoms with Gasteiger partial charge in [-0.05, 0) is 41.4 Å². The topological polar surface area (TPSA) is 46.5 Å². The zero-order chi connectivity index (χ0) is 25.2. The van der Waals surface area contributed by atoms with E-state index in [0.29, 0.717) is 25.2 Å². The fourth-order valence-electron chi connectivity index (χ4n) is 4.57. The van der Waals surface area contributed by atoms with Crippen LogP contribution in [0, 0.1) is 0 Å². The minimum atomic E-state index is -0.111. The summed E-state index contributed by atoms with van der Waals surface area (Å²) in [4.78, 5) is 12.2. The monoisotopic (exact) mass is 474 g/mol. The summed E-state index contributed by atoms with van der Waals surface area (Å²) in [5.41, 5.74) is 3.05. The number of aromatic hydroxyl groups is 1. The van der Waals surface area contributed by atoms with Crippen molar-refractivity contribution in [3.8, 4) is 5.75 Å². The van der Waals surface area contributed by atoms with Crippen LogP contribution in [0.3, 0.4) is 0 Å². The Hall–Kier alpha value is -1.51. The maximum atomic E-state index is 12.2. The van der Waals surface area contributed by atoms with Crippen molar-refractivity contribution in [2.75, 3.05) is 6.61 Å². The minimum Gasteiger partial charge on any atom is -0.507 e. The van der Waals surface area contributed by atoms with Crippen LogP contribution in [-0.4, -0.2) is 17.7 Å². The van der Waals surface area contributed by atoms with Crippen molar-refractivity contribution in [2.45, 2.75) is 149 Å².